The summed E-state index contributed by atoms with van der Waals surface area (Å²) < 4.78 is 0. The molecule has 0 aromatic rings. The van der Waals surface area contributed by atoms with Crippen LogP contribution in [0.5, 0.6) is 0 Å². The van der Waals surface area contributed by atoms with Gasteiger partial charge in [0.05, 0.1) is 6.07 Å². The topological polar surface area (TPSA) is 23.8 Å². The van der Waals surface area contributed by atoms with Gasteiger partial charge in [-0.25, -0.2) is 0 Å². The van der Waals surface area contributed by atoms with Crippen molar-refractivity contribution in [2.24, 2.45) is 0 Å². The minimum absolute atomic E-state index is 0.875. The number of hydrogen-bond donors (Lipinski definition) is 0. The molecule has 1 unspecified atom stereocenters. The fraction of sp³-hybridized carbons (Fsp3) is 0.400. The molecule has 0 radical (unpaired) electrons. The van der Waals surface area contributed by atoms with Crippen molar-refractivity contribution in [3.05, 3.63) is 12.7 Å². The van der Waals surface area contributed by atoms with E-state index >= 15 is 0 Å². The van der Waals surface area contributed by atoms with Gasteiger partial charge in [0.15, 0.2) is 0 Å². The lowest BCUT2D eigenvalue weighted by molar-refractivity contribution is 1.01. The number of alkyl halides is 1. The van der Waals surface area contributed by atoms with E-state index in [1.807, 2.05) is 6.07 Å². The lowest BCUT2D eigenvalue weighted by Gasteiger charge is -2.00. The Kier molecular flexibility index (Phi) is 1.86. The molecule has 0 saturated heterocycles. The Labute approximate surface area is 48.2 Å². The van der Waals surface area contributed by atoms with Gasteiger partial charge in [-0.15, -0.1) is 6.58 Å². The van der Waals surface area contributed by atoms with E-state index in [2.05, 4.69) is 6.58 Å². The fourth-order valence-electron chi connectivity index (χ4n) is 0.0456. The van der Waals surface area contributed by atoms with Gasteiger partial charge in [-0.2, -0.15) is 5.26 Å². The third kappa shape index (κ3) is 2.24. The third-order valence-electron chi connectivity index (χ3n) is 0.602. The Hall–Kier alpha value is -0.480. The number of rotatable bonds is 1. The van der Waals surface area contributed by atoms with Crippen LogP contribution in [0.2, 0.25) is 0 Å². The SMILES string of the molecule is C=CC(C)(Cl)C#N. The molecular formula is C5H6ClN. The minimum Gasteiger partial charge on any atom is -0.196 e. The van der Waals surface area contributed by atoms with E-state index in [-0.39, 0.29) is 0 Å². The van der Waals surface area contributed by atoms with Crippen molar-refractivity contribution in [1.29, 1.82) is 5.26 Å². The summed E-state index contributed by atoms with van der Waals surface area (Å²) in [6.07, 6.45) is 1.40. The molecule has 0 heterocycles. The van der Waals surface area contributed by atoms with Crippen molar-refractivity contribution in [2.75, 3.05) is 0 Å². The van der Waals surface area contributed by atoms with Gasteiger partial charge < -0.3 is 0 Å². The molecule has 38 valence electrons. The van der Waals surface area contributed by atoms with Gasteiger partial charge in [0.25, 0.3) is 0 Å². The molecule has 0 aliphatic rings. The molecular weight excluding hydrogens is 110 g/mol. The maximum atomic E-state index is 8.14. The first-order valence-electron chi connectivity index (χ1n) is 1.86. The number of nitriles is 1. The Morgan fingerprint density at radius 3 is 2.43 bits per heavy atom. The average Bonchev–Trinajstić information content (AvgIpc) is 1.68. The van der Waals surface area contributed by atoms with Crippen molar-refractivity contribution in [2.45, 2.75) is 11.8 Å². The Morgan fingerprint density at radius 2 is 2.43 bits per heavy atom. The standard InChI is InChI=1S/C5H6ClN/c1-3-5(2,6)4-7/h3H,1H2,2H3. The summed E-state index contributed by atoms with van der Waals surface area (Å²) in [4.78, 5) is -0.875. The van der Waals surface area contributed by atoms with Crippen LogP contribution in [0.25, 0.3) is 0 Å². The predicted octanol–water partition coefficient (Wildman–Crippen LogP) is 1.69. The van der Waals surface area contributed by atoms with Crippen LogP contribution in [0.15, 0.2) is 12.7 Å². The fourth-order valence-corrected chi connectivity index (χ4v) is 0.0456. The molecule has 7 heavy (non-hydrogen) atoms. The Balaban J connectivity index is 3.91. The van der Waals surface area contributed by atoms with Gasteiger partial charge in [0.2, 0.25) is 0 Å². The van der Waals surface area contributed by atoms with E-state index in [0.29, 0.717) is 0 Å². The van der Waals surface area contributed by atoms with Gasteiger partial charge in [0.1, 0.15) is 4.87 Å². The highest BCUT2D eigenvalue weighted by atomic mass is 35.5. The van der Waals surface area contributed by atoms with Crippen molar-refractivity contribution in [1.82, 2.24) is 0 Å². The summed E-state index contributed by atoms with van der Waals surface area (Å²) in [7, 11) is 0. The summed E-state index contributed by atoms with van der Waals surface area (Å²) >= 11 is 5.43. The lowest BCUT2D eigenvalue weighted by atomic mass is 10.2. The summed E-state index contributed by atoms with van der Waals surface area (Å²) in [6, 6.07) is 1.84. The maximum absolute atomic E-state index is 8.14. The zero-order valence-corrected chi connectivity index (χ0v) is 4.87. The quantitative estimate of drug-likeness (QED) is 0.377. The van der Waals surface area contributed by atoms with Crippen LogP contribution in [0.1, 0.15) is 6.92 Å². The molecule has 0 aliphatic heterocycles. The highest BCUT2D eigenvalue weighted by Crippen LogP contribution is 2.11. The second-order valence-electron chi connectivity index (χ2n) is 1.39. The number of halogens is 1. The number of allylic oxidation sites excluding steroid dienone is 1. The van der Waals surface area contributed by atoms with E-state index in [1.165, 1.54) is 6.08 Å². The van der Waals surface area contributed by atoms with E-state index < -0.39 is 4.87 Å². The maximum Gasteiger partial charge on any atom is 0.146 e. The first-order chi connectivity index (χ1) is 3.12. The van der Waals surface area contributed by atoms with Crippen LogP contribution in [-0.2, 0) is 0 Å². The van der Waals surface area contributed by atoms with Crippen molar-refractivity contribution < 1.29 is 0 Å². The second-order valence-corrected chi connectivity index (χ2v) is 2.18. The molecule has 0 N–H and O–H groups in total. The van der Waals surface area contributed by atoms with Crippen LogP contribution in [0, 0.1) is 11.3 Å². The monoisotopic (exact) mass is 115 g/mol. The summed E-state index contributed by atoms with van der Waals surface area (Å²) in [5.74, 6) is 0. The molecule has 0 aliphatic carbocycles. The molecule has 0 aromatic heterocycles. The number of nitrogens with zero attached hydrogens (tertiary/aromatic N) is 1. The van der Waals surface area contributed by atoms with Gasteiger partial charge in [-0.3, -0.25) is 0 Å². The van der Waals surface area contributed by atoms with E-state index in [9.17, 15) is 0 Å². The van der Waals surface area contributed by atoms with Crippen molar-refractivity contribution in [3.8, 4) is 6.07 Å². The second kappa shape index (κ2) is 1.99. The molecule has 0 aromatic carbocycles. The zero-order chi connectivity index (χ0) is 5.91. The number of hydrogen-bond acceptors (Lipinski definition) is 1. The van der Waals surface area contributed by atoms with Crippen LogP contribution in [-0.4, -0.2) is 4.87 Å². The van der Waals surface area contributed by atoms with Crippen molar-refractivity contribution >= 4 is 11.6 Å². The molecule has 0 spiro atoms. The predicted molar refractivity (Wildman–Crippen MR) is 30.1 cm³/mol. The summed E-state index contributed by atoms with van der Waals surface area (Å²) in [5, 5.41) is 8.14. The highest BCUT2D eigenvalue weighted by Gasteiger charge is 2.11. The minimum atomic E-state index is -0.875. The van der Waals surface area contributed by atoms with Crippen LogP contribution in [0.4, 0.5) is 0 Å². The van der Waals surface area contributed by atoms with Crippen LogP contribution < -0.4 is 0 Å². The summed E-state index contributed by atoms with van der Waals surface area (Å²) in [5.41, 5.74) is 0. The Morgan fingerprint density at radius 1 is 2.00 bits per heavy atom. The molecule has 1 atom stereocenters. The molecule has 1 nitrogen and oxygen atoms in total. The van der Waals surface area contributed by atoms with Gasteiger partial charge in [0, 0.05) is 0 Å². The smallest absolute Gasteiger partial charge is 0.146 e. The molecule has 0 bridgehead atoms. The molecule has 0 saturated carbocycles. The average molecular weight is 116 g/mol. The third-order valence-corrected chi connectivity index (χ3v) is 0.841. The van der Waals surface area contributed by atoms with Gasteiger partial charge in [-0.05, 0) is 6.92 Å². The van der Waals surface area contributed by atoms with Gasteiger partial charge >= 0.3 is 0 Å². The molecule has 0 amide bonds. The van der Waals surface area contributed by atoms with Gasteiger partial charge in [-0.1, -0.05) is 17.7 Å². The van der Waals surface area contributed by atoms with E-state index in [1.54, 1.807) is 6.92 Å². The zero-order valence-electron chi connectivity index (χ0n) is 4.11. The van der Waals surface area contributed by atoms with Crippen LogP contribution >= 0.6 is 11.6 Å². The van der Waals surface area contributed by atoms with E-state index in [4.69, 9.17) is 16.9 Å². The highest BCUT2D eigenvalue weighted by molar-refractivity contribution is 6.26. The normalized spacial score (nSPS) is 16.7. The first kappa shape index (κ1) is 6.52. The lowest BCUT2D eigenvalue weighted by Crippen LogP contribution is -2.05. The largest absolute Gasteiger partial charge is 0.196 e. The van der Waals surface area contributed by atoms with E-state index in [0.717, 1.165) is 0 Å². The molecule has 0 rings (SSSR count). The first-order valence-corrected chi connectivity index (χ1v) is 2.24. The van der Waals surface area contributed by atoms with Crippen LogP contribution in [0.3, 0.4) is 0 Å². The summed E-state index contributed by atoms with van der Waals surface area (Å²) in [6.45, 7) is 4.93. The molecule has 0 fully saturated rings. The van der Waals surface area contributed by atoms with Crippen molar-refractivity contribution in [3.63, 3.8) is 0 Å². The molecule has 2 heteroatoms. The Bertz CT molecular complexity index is 110.